The van der Waals surface area contributed by atoms with Crippen LogP contribution >= 0.6 is 0 Å². The Morgan fingerprint density at radius 2 is 2.05 bits per heavy atom. The third-order valence-corrected chi connectivity index (χ3v) is 3.74. The number of hydrogen-bond donors (Lipinski definition) is 1. The average molecular weight is 263 g/mol. The van der Waals surface area contributed by atoms with Crippen molar-refractivity contribution in [2.24, 2.45) is 0 Å². The molecule has 0 unspecified atom stereocenters. The van der Waals surface area contributed by atoms with Crippen LogP contribution in [0.15, 0.2) is 6.20 Å². The summed E-state index contributed by atoms with van der Waals surface area (Å²) in [5.74, 6) is 0.531. The second kappa shape index (κ2) is 5.25. The van der Waals surface area contributed by atoms with Crippen LogP contribution in [0.4, 0.5) is 0 Å². The lowest BCUT2D eigenvalue weighted by Gasteiger charge is -2.28. The summed E-state index contributed by atoms with van der Waals surface area (Å²) in [6, 6.07) is 0. The molecule has 1 saturated carbocycles. The van der Waals surface area contributed by atoms with E-state index in [1.807, 2.05) is 0 Å². The normalized spacial score (nSPS) is 17.5. The van der Waals surface area contributed by atoms with E-state index in [0.29, 0.717) is 23.6 Å². The number of aromatic nitrogens is 2. The van der Waals surface area contributed by atoms with Gasteiger partial charge in [0.05, 0.1) is 16.9 Å². The molecule has 1 heterocycles. The van der Waals surface area contributed by atoms with E-state index < -0.39 is 5.60 Å². The van der Waals surface area contributed by atoms with E-state index in [1.54, 1.807) is 32.0 Å². The van der Waals surface area contributed by atoms with Gasteiger partial charge in [-0.3, -0.25) is 4.79 Å². The van der Waals surface area contributed by atoms with Crippen LogP contribution in [0.5, 0.6) is 0 Å². The van der Waals surface area contributed by atoms with Gasteiger partial charge in [0.1, 0.15) is 5.82 Å². The molecule has 19 heavy (non-hydrogen) atoms. The zero-order valence-electron chi connectivity index (χ0n) is 11.8. The van der Waals surface area contributed by atoms with Crippen LogP contribution in [-0.4, -0.2) is 45.1 Å². The van der Waals surface area contributed by atoms with E-state index in [-0.39, 0.29) is 5.91 Å². The van der Waals surface area contributed by atoms with Crippen molar-refractivity contribution >= 4 is 5.91 Å². The van der Waals surface area contributed by atoms with E-state index >= 15 is 0 Å². The largest absolute Gasteiger partial charge is 0.388 e. The minimum atomic E-state index is -0.718. The van der Waals surface area contributed by atoms with Gasteiger partial charge in [-0.25, -0.2) is 9.97 Å². The van der Waals surface area contributed by atoms with Gasteiger partial charge in [0.15, 0.2) is 0 Å². The van der Waals surface area contributed by atoms with Gasteiger partial charge in [0.25, 0.3) is 5.91 Å². The number of aryl methyl sites for hydroxylation is 2. The van der Waals surface area contributed by atoms with Crippen LogP contribution in [0, 0.1) is 13.8 Å². The highest BCUT2D eigenvalue weighted by molar-refractivity contribution is 5.94. The van der Waals surface area contributed by atoms with Crippen molar-refractivity contribution < 1.29 is 9.90 Å². The molecule has 0 atom stereocenters. The molecule has 1 aromatic rings. The van der Waals surface area contributed by atoms with Crippen molar-refractivity contribution in [2.45, 2.75) is 45.1 Å². The van der Waals surface area contributed by atoms with Crippen molar-refractivity contribution in [3.05, 3.63) is 23.3 Å². The number of rotatable bonds is 3. The molecule has 5 nitrogen and oxygen atoms in total. The maximum absolute atomic E-state index is 12.3. The SMILES string of the molecule is Cc1ncc(C(=O)N(C)CC2(O)CCCC2)c(C)n1. The summed E-state index contributed by atoms with van der Waals surface area (Å²) >= 11 is 0. The lowest BCUT2D eigenvalue weighted by Crippen LogP contribution is -2.42. The fraction of sp³-hybridized carbons (Fsp3) is 0.643. The first kappa shape index (κ1) is 13.9. The third kappa shape index (κ3) is 3.10. The zero-order chi connectivity index (χ0) is 14.0. The molecule has 1 aliphatic carbocycles. The molecule has 1 aromatic heterocycles. The van der Waals surface area contributed by atoms with Crippen LogP contribution in [0.25, 0.3) is 0 Å². The van der Waals surface area contributed by atoms with E-state index in [1.165, 1.54) is 0 Å². The highest BCUT2D eigenvalue weighted by Crippen LogP contribution is 2.30. The quantitative estimate of drug-likeness (QED) is 0.896. The third-order valence-electron chi connectivity index (χ3n) is 3.74. The molecular weight excluding hydrogens is 242 g/mol. The summed E-state index contributed by atoms with van der Waals surface area (Å²) in [7, 11) is 1.72. The minimum absolute atomic E-state index is 0.127. The number of amides is 1. The van der Waals surface area contributed by atoms with Crippen LogP contribution in [-0.2, 0) is 0 Å². The summed E-state index contributed by atoms with van der Waals surface area (Å²) in [4.78, 5) is 22.2. The van der Waals surface area contributed by atoms with Gasteiger partial charge in [-0.1, -0.05) is 12.8 Å². The monoisotopic (exact) mass is 263 g/mol. The molecule has 1 fully saturated rings. The van der Waals surface area contributed by atoms with Crippen LogP contribution in [0.1, 0.15) is 47.6 Å². The van der Waals surface area contributed by atoms with Gasteiger partial charge in [-0.15, -0.1) is 0 Å². The highest BCUT2D eigenvalue weighted by atomic mass is 16.3. The molecule has 104 valence electrons. The Bertz CT molecular complexity index is 482. The second-order valence-corrected chi connectivity index (χ2v) is 5.51. The maximum Gasteiger partial charge on any atom is 0.257 e. The van der Waals surface area contributed by atoms with E-state index in [2.05, 4.69) is 9.97 Å². The van der Waals surface area contributed by atoms with Gasteiger partial charge < -0.3 is 10.0 Å². The molecule has 5 heteroatoms. The number of nitrogens with zero attached hydrogens (tertiary/aromatic N) is 3. The van der Waals surface area contributed by atoms with E-state index in [4.69, 9.17) is 0 Å². The van der Waals surface area contributed by atoms with Crippen molar-refractivity contribution in [2.75, 3.05) is 13.6 Å². The average Bonchev–Trinajstić information content (AvgIpc) is 2.75. The fourth-order valence-corrected chi connectivity index (χ4v) is 2.70. The highest BCUT2D eigenvalue weighted by Gasteiger charge is 2.33. The van der Waals surface area contributed by atoms with Gasteiger partial charge in [-0.2, -0.15) is 0 Å². The lowest BCUT2D eigenvalue weighted by atomic mass is 10.0. The fourth-order valence-electron chi connectivity index (χ4n) is 2.70. The Balaban J connectivity index is 2.10. The first-order chi connectivity index (χ1) is 8.91. The number of carbonyl (C=O) groups is 1. The molecular formula is C14H21N3O2. The van der Waals surface area contributed by atoms with Crippen molar-refractivity contribution in [3.8, 4) is 0 Å². The first-order valence-corrected chi connectivity index (χ1v) is 6.69. The molecule has 2 rings (SSSR count). The summed E-state index contributed by atoms with van der Waals surface area (Å²) < 4.78 is 0. The molecule has 1 aliphatic rings. The number of hydrogen-bond acceptors (Lipinski definition) is 4. The molecule has 0 aliphatic heterocycles. The molecule has 0 spiro atoms. The maximum atomic E-state index is 12.3. The summed E-state index contributed by atoms with van der Waals surface area (Å²) in [6.45, 7) is 3.98. The molecule has 0 bridgehead atoms. The van der Waals surface area contributed by atoms with E-state index in [0.717, 1.165) is 25.7 Å². The predicted molar refractivity (Wildman–Crippen MR) is 71.9 cm³/mol. The Kier molecular flexibility index (Phi) is 3.85. The molecule has 1 N–H and O–H groups in total. The second-order valence-electron chi connectivity index (χ2n) is 5.51. The summed E-state index contributed by atoms with van der Waals surface area (Å²) in [5, 5.41) is 10.3. The van der Waals surface area contributed by atoms with Crippen molar-refractivity contribution in [1.29, 1.82) is 0 Å². The zero-order valence-corrected chi connectivity index (χ0v) is 11.8. The van der Waals surface area contributed by atoms with Gasteiger partial charge in [0, 0.05) is 19.8 Å². The molecule has 0 aromatic carbocycles. The standard InChI is InChI=1S/C14H21N3O2/c1-10-12(8-15-11(2)16-10)13(18)17(3)9-14(19)6-4-5-7-14/h8,19H,4-7,9H2,1-3H3. The van der Waals surface area contributed by atoms with Crippen molar-refractivity contribution in [1.82, 2.24) is 14.9 Å². The molecule has 1 amide bonds. The topological polar surface area (TPSA) is 66.3 Å². The summed E-state index contributed by atoms with van der Waals surface area (Å²) in [6.07, 6.45) is 5.17. The van der Waals surface area contributed by atoms with Gasteiger partial charge in [-0.05, 0) is 26.7 Å². The van der Waals surface area contributed by atoms with Crippen molar-refractivity contribution in [3.63, 3.8) is 0 Å². The first-order valence-electron chi connectivity index (χ1n) is 6.69. The summed E-state index contributed by atoms with van der Waals surface area (Å²) in [5.41, 5.74) is 0.474. The Morgan fingerprint density at radius 1 is 1.42 bits per heavy atom. The van der Waals surface area contributed by atoms with Crippen LogP contribution in [0.2, 0.25) is 0 Å². The van der Waals surface area contributed by atoms with Gasteiger partial charge >= 0.3 is 0 Å². The number of carbonyl (C=O) groups excluding carboxylic acids is 1. The number of aliphatic hydroxyl groups is 1. The lowest BCUT2D eigenvalue weighted by molar-refractivity contribution is 0.0156. The van der Waals surface area contributed by atoms with Gasteiger partial charge in [0.2, 0.25) is 0 Å². The Morgan fingerprint density at radius 3 is 2.63 bits per heavy atom. The molecule has 0 radical (unpaired) electrons. The van der Waals surface area contributed by atoms with Crippen LogP contribution in [0.3, 0.4) is 0 Å². The smallest absolute Gasteiger partial charge is 0.257 e. The minimum Gasteiger partial charge on any atom is -0.388 e. The predicted octanol–water partition coefficient (Wildman–Crippen LogP) is 1.47. The van der Waals surface area contributed by atoms with E-state index in [9.17, 15) is 9.90 Å². The Labute approximate surface area is 113 Å². The van der Waals surface area contributed by atoms with Crippen LogP contribution < -0.4 is 0 Å². The Hall–Kier alpha value is -1.49. The number of likely N-dealkylation sites (N-methyl/N-ethyl adjacent to an activating group) is 1. The molecule has 0 saturated heterocycles.